The standard InChI is InChI=1S/C23H30N4O4S/c1-16-7-5-6-8-22(16)25-23(29)15-26-13-17(2)27(18(3)14-26)32(30,31)21-11-9-20(10-12-21)24-19(4)28/h5-12,17-18H,13-15H2,1-4H3,(H,24,28)(H,25,29)/t17-,18?/m1/s1. The summed E-state index contributed by atoms with van der Waals surface area (Å²) in [6.45, 7) is 8.14. The molecule has 1 fully saturated rings. The molecule has 1 aliphatic rings. The van der Waals surface area contributed by atoms with Crippen LogP contribution >= 0.6 is 0 Å². The third-order valence-electron chi connectivity index (χ3n) is 5.45. The van der Waals surface area contributed by atoms with E-state index in [-0.39, 0.29) is 35.3 Å². The highest BCUT2D eigenvalue weighted by Crippen LogP contribution is 2.26. The Kier molecular flexibility index (Phi) is 7.33. The molecule has 0 saturated carbocycles. The lowest BCUT2D eigenvalue weighted by Gasteiger charge is -2.43. The van der Waals surface area contributed by atoms with E-state index < -0.39 is 10.0 Å². The predicted octanol–water partition coefficient (Wildman–Crippen LogP) is 2.68. The van der Waals surface area contributed by atoms with Crippen LogP contribution in [-0.2, 0) is 19.6 Å². The Hall–Kier alpha value is -2.75. The van der Waals surface area contributed by atoms with Crippen LogP contribution < -0.4 is 10.6 Å². The first-order valence-corrected chi connectivity index (χ1v) is 12.0. The van der Waals surface area contributed by atoms with Gasteiger partial charge in [0.2, 0.25) is 21.8 Å². The first-order valence-electron chi connectivity index (χ1n) is 10.6. The van der Waals surface area contributed by atoms with Crippen LogP contribution in [0.2, 0.25) is 0 Å². The number of piperazine rings is 1. The van der Waals surface area contributed by atoms with Crippen LogP contribution in [0.15, 0.2) is 53.4 Å². The maximum Gasteiger partial charge on any atom is 0.243 e. The van der Waals surface area contributed by atoms with Gasteiger partial charge in [-0.25, -0.2) is 8.42 Å². The maximum atomic E-state index is 13.3. The van der Waals surface area contributed by atoms with Crippen LogP contribution in [0.3, 0.4) is 0 Å². The number of sulfonamides is 1. The van der Waals surface area contributed by atoms with Crippen molar-refractivity contribution in [3.8, 4) is 0 Å². The van der Waals surface area contributed by atoms with Gasteiger partial charge in [-0.05, 0) is 56.7 Å². The molecule has 172 valence electrons. The van der Waals surface area contributed by atoms with E-state index in [0.717, 1.165) is 11.3 Å². The lowest BCUT2D eigenvalue weighted by atomic mass is 10.1. The Morgan fingerprint density at radius 1 is 0.969 bits per heavy atom. The van der Waals surface area contributed by atoms with E-state index in [4.69, 9.17) is 0 Å². The van der Waals surface area contributed by atoms with Gasteiger partial charge in [-0.1, -0.05) is 18.2 Å². The quantitative estimate of drug-likeness (QED) is 0.694. The van der Waals surface area contributed by atoms with E-state index in [1.807, 2.05) is 49.9 Å². The molecular formula is C23H30N4O4S. The molecule has 2 atom stereocenters. The summed E-state index contributed by atoms with van der Waals surface area (Å²) in [5.74, 6) is -0.339. The number of nitrogens with one attached hydrogen (secondary N) is 2. The summed E-state index contributed by atoms with van der Waals surface area (Å²) in [5.41, 5.74) is 2.31. The minimum absolute atomic E-state index is 0.122. The summed E-state index contributed by atoms with van der Waals surface area (Å²) < 4.78 is 28.1. The van der Waals surface area contributed by atoms with Gasteiger partial charge < -0.3 is 10.6 Å². The van der Waals surface area contributed by atoms with Gasteiger partial charge in [-0.3, -0.25) is 14.5 Å². The fourth-order valence-corrected chi connectivity index (χ4v) is 5.97. The van der Waals surface area contributed by atoms with Crippen molar-refractivity contribution in [2.75, 3.05) is 30.3 Å². The van der Waals surface area contributed by atoms with E-state index in [1.165, 1.54) is 23.4 Å². The topological polar surface area (TPSA) is 98.8 Å². The zero-order chi connectivity index (χ0) is 23.5. The number of carbonyl (C=O) groups is 2. The van der Waals surface area contributed by atoms with Crippen LogP contribution in [0, 0.1) is 6.92 Å². The normalized spacial score (nSPS) is 20.0. The monoisotopic (exact) mass is 458 g/mol. The van der Waals surface area contributed by atoms with E-state index in [0.29, 0.717) is 18.8 Å². The zero-order valence-electron chi connectivity index (χ0n) is 18.8. The molecule has 1 saturated heterocycles. The SMILES string of the molecule is CC(=O)Nc1ccc(S(=O)(=O)N2C(C)CN(CC(=O)Nc3ccccc3C)C[C@H]2C)cc1. The fraction of sp³-hybridized carbons (Fsp3) is 0.391. The van der Waals surface area contributed by atoms with Crippen LogP contribution in [0.25, 0.3) is 0 Å². The second-order valence-electron chi connectivity index (χ2n) is 8.30. The van der Waals surface area contributed by atoms with Crippen molar-refractivity contribution in [1.82, 2.24) is 9.21 Å². The number of benzene rings is 2. The highest BCUT2D eigenvalue weighted by atomic mass is 32.2. The number of carbonyl (C=O) groups excluding carboxylic acids is 2. The number of nitrogens with zero attached hydrogens (tertiary/aromatic N) is 2. The molecule has 2 aromatic rings. The number of hydrogen-bond acceptors (Lipinski definition) is 5. The molecular weight excluding hydrogens is 428 g/mol. The Balaban J connectivity index is 1.66. The van der Waals surface area contributed by atoms with Crippen LogP contribution in [0.4, 0.5) is 11.4 Å². The number of aryl methyl sites for hydroxylation is 1. The molecule has 2 N–H and O–H groups in total. The Labute approximate surface area is 189 Å². The van der Waals surface area contributed by atoms with Gasteiger partial charge in [0.25, 0.3) is 0 Å². The Bertz CT molecular complexity index is 1070. The lowest BCUT2D eigenvalue weighted by molar-refractivity contribution is -0.118. The van der Waals surface area contributed by atoms with Gasteiger partial charge in [0.05, 0.1) is 11.4 Å². The molecule has 0 bridgehead atoms. The Morgan fingerprint density at radius 3 is 2.12 bits per heavy atom. The van der Waals surface area contributed by atoms with Crippen molar-refractivity contribution in [3.05, 3.63) is 54.1 Å². The van der Waals surface area contributed by atoms with E-state index in [9.17, 15) is 18.0 Å². The molecule has 32 heavy (non-hydrogen) atoms. The minimum atomic E-state index is -3.72. The molecule has 1 unspecified atom stereocenters. The summed E-state index contributed by atoms with van der Waals surface area (Å²) in [6, 6.07) is 13.2. The van der Waals surface area contributed by atoms with E-state index in [2.05, 4.69) is 10.6 Å². The molecule has 9 heteroatoms. The summed E-state index contributed by atoms with van der Waals surface area (Å²) in [7, 11) is -3.72. The predicted molar refractivity (Wildman–Crippen MR) is 125 cm³/mol. The third kappa shape index (κ3) is 5.53. The Morgan fingerprint density at radius 2 is 1.56 bits per heavy atom. The number of anilines is 2. The summed E-state index contributed by atoms with van der Waals surface area (Å²) in [6.07, 6.45) is 0. The molecule has 0 aromatic heterocycles. The van der Waals surface area contributed by atoms with Crippen molar-refractivity contribution < 1.29 is 18.0 Å². The van der Waals surface area contributed by atoms with Crippen molar-refractivity contribution in [2.24, 2.45) is 0 Å². The summed E-state index contributed by atoms with van der Waals surface area (Å²) in [5, 5.41) is 5.56. The van der Waals surface area contributed by atoms with E-state index >= 15 is 0 Å². The van der Waals surface area contributed by atoms with Gasteiger partial charge in [-0.15, -0.1) is 0 Å². The number of rotatable bonds is 6. The molecule has 1 heterocycles. The molecule has 2 amide bonds. The highest BCUT2D eigenvalue weighted by Gasteiger charge is 2.38. The fourth-order valence-electron chi connectivity index (χ4n) is 4.16. The summed E-state index contributed by atoms with van der Waals surface area (Å²) in [4.78, 5) is 25.9. The van der Waals surface area contributed by atoms with Crippen molar-refractivity contribution in [3.63, 3.8) is 0 Å². The van der Waals surface area contributed by atoms with Gasteiger partial charge >= 0.3 is 0 Å². The largest absolute Gasteiger partial charge is 0.326 e. The van der Waals surface area contributed by atoms with Crippen LogP contribution in [0.1, 0.15) is 26.3 Å². The molecule has 0 spiro atoms. The second kappa shape index (κ2) is 9.81. The van der Waals surface area contributed by atoms with Crippen molar-refractivity contribution in [2.45, 2.75) is 44.7 Å². The smallest absolute Gasteiger partial charge is 0.243 e. The molecule has 3 rings (SSSR count). The molecule has 1 aliphatic heterocycles. The molecule has 0 aliphatic carbocycles. The van der Waals surface area contributed by atoms with Crippen LogP contribution in [-0.4, -0.2) is 61.2 Å². The average Bonchev–Trinajstić information content (AvgIpc) is 2.69. The first-order chi connectivity index (χ1) is 15.1. The lowest BCUT2D eigenvalue weighted by Crippen LogP contribution is -2.59. The number of hydrogen-bond donors (Lipinski definition) is 2. The van der Waals surface area contributed by atoms with Gasteiger partial charge in [0.15, 0.2) is 0 Å². The van der Waals surface area contributed by atoms with E-state index in [1.54, 1.807) is 12.1 Å². The average molecular weight is 459 g/mol. The summed E-state index contributed by atoms with van der Waals surface area (Å²) >= 11 is 0. The molecule has 0 radical (unpaired) electrons. The van der Waals surface area contributed by atoms with Crippen LogP contribution in [0.5, 0.6) is 0 Å². The van der Waals surface area contributed by atoms with Crippen molar-refractivity contribution >= 4 is 33.2 Å². The van der Waals surface area contributed by atoms with Gasteiger partial charge in [0.1, 0.15) is 0 Å². The number of para-hydroxylation sites is 1. The minimum Gasteiger partial charge on any atom is -0.326 e. The zero-order valence-corrected chi connectivity index (χ0v) is 19.6. The maximum absolute atomic E-state index is 13.3. The number of amides is 2. The van der Waals surface area contributed by atoms with Gasteiger partial charge in [0, 0.05) is 43.5 Å². The molecule has 8 nitrogen and oxygen atoms in total. The molecule has 2 aromatic carbocycles. The van der Waals surface area contributed by atoms with Crippen molar-refractivity contribution in [1.29, 1.82) is 0 Å². The highest BCUT2D eigenvalue weighted by molar-refractivity contribution is 7.89. The third-order valence-corrected chi connectivity index (χ3v) is 7.59. The second-order valence-corrected chi connectivity index (χ2v) is 10.1. The first kappa shape index (κ1) is 23.9. The van der Waals surface area contributed by atoms with Gasteiger partial charge in [-0.2, -0.15) is 4.31 Å².